The molecule has 2 aromatic rings. The van der Waals surface area contributed by atoms with Gasteiger partial charge in [-0.3, -0.25) is 4.79 Å². The first-order chi connectivity index (χ1) is 7.58. The number of nitrogens with two attached hydrogens (primary N) is 1. The topological polar surface area (TPSA) is 48.0 Å². The zero-order valence-electron chi connectivity index (χ0n) is 8.77. The summed E-state index contributed by atoms with van der Waals surface area (Å²) in [5.41, 5.74) is 7.62. The number of anilines is 1. The fourth-order valence-corrected chi connectivity index (χ4v) is 1.77. The van der Waals surface area contributed by atoms with Crippen LogP contribution in [0.5, 0.6) is 0 Å². The molecule has 0 spiro atoms. The van der Waals surface area contributed by atoms with Crippen LogP contribution in [0.4, 0.5) is 5.69 Å². The number of hydrogen-bond donors (Lipinski definition) is 1. The fourth-order valence-electron chi connectivity index (χ4n) is 1.58. The number of benzene rings is 1. The van der Waals surface area contributed by atoms with Crippen molar-refractivity contribution in [3.8, 4) is 11.3 Å². The zero-order chi connectivity index (χ0) is 11.7. The molecule has 0 saturated heterocycles. The summed E-state index contributed by atoms with van der Waals surface area (Å²) in [6.45, 7) is 0. The molecule has 0 radical (unpaired) electrons. The predicted molar refractivity (Wildman–Crippen MR) is 66.5 cm³/mol. The lowest BCUT2D eigenvalue weighted by Crippen LogP contribution is -2.18. The van der Waals surface area contributed by atoms with Gasteiger partial charge in [-0.1, -0.05) is 23.7 Å². The second kappa shape index (κ2) is 4.02. The SMILES string of the molecule is Cn1c(-c2cccc(Cl)c2)cc(N)cc1=O. The first-order valence-electron chi connectivity index (χ1n) is 4.80. The molecule has 16 heavy (non-hydrogen) atoms. The molecule has 1 aromatic heterocycles. The predicted octanol–water partition coefficient (Wildman–Crippen LogP) is 2.29. The zero-order valence-corrected chi connectivity index (χ0v) is 9.53. The van der Waals surface area contributed by atoms with Crippen molar-refractivity contribution >= 4 is 17.3 Å². The molecule has 0 aliphatic heterocycles. The van der Waals surface area contributed by atoms with Crippen molar-refractivity contribution in [2.45, 2.75) is 0 Å². The molecule has 0 unspecified atom stereocenters. The summed E-state index contributed by atoms with van der Waals surface area (Å²) < 4.78 is 1.54. The van der Waals surface area contributed by atoms with Crippen LogP contribution in [0.15, 0.2) is 41.2 Å². The summed E-state index contributed by atoms with van der Waals surface area (Å²) in [7, 11) is 1.71. The highest BCUT2D eigenvalue weighted by Gasteiger charge is 2.04. The summed E-state index contributed by atoms with van der Waals surface area (Å²) in [5.74, 6) is 0. The molecule has 2 rings (SSSR count). The Morgan fingerprint density at radius 2 is 2.00 bits per heavy atom. The van der Waals surface area contributed by atoms with Gasteiger partial charge in [0.1, 0.15) is 0 Å². The van der Waals surface area contributed by atoms with E-state index >= 15 is 0 Å². The Morgan fingerprint density at radius 3 is 2.69 bits per heavy atom. The third-order valence-corrected chi connectivity index (χ3v) is 2.64. The maximum absolute atomic E-state index is 11.6. The molecule has 0 amide bonds. The van der Waals surface area contributed by atoms with Gasteiger partial charge in [0, 0.05) is 23.8 Å². The van der Waals surface area contributed by atoms with Gasteiger partial charge in [-0.25, -0.2) is 0 Å². The Morgan fingerprint density at radius 1 is 1.25 bits per heavy atom. The Kier molecular flexibility index (Phi) is 2.71. The Hall–Kier alpha value is -1.74. The van der Waals surface area contributed by atoms with Crippen molar-refractivity contribution < 1.29 is 0 Å². The Bertz CT molecular complexity index is 590. The van der Waals surface area contributed by atoms with E-state index in [1.54, 1.807) is 29.8 Å². The summed E-state index contributed by atoms with van der Waals surface area (Å²) in [6.07, 6.45) is 0. The Labute approximate surface area is 98.1 Å². The average Bonchev–Trinajstić information content (AvgIpc) is 2.23. The Balaban J connectivity index is 2.69. The molecule has 4 heteroatoms. The molecule has 0 bridgehead atoms. The van der Waals surface area contributed by atoms with Gasteiger partial charge < -0.3 is 10.3 Å². The van der Waals surface area contributed by atoms with E-state index < -0.39 is 0 Å². The summed E-state index contributed by atoms with van der Waals surface area (Å²) in [4.78, 5) is 11.6. The number of pyridine rings is 1. The van der Waals surface area contributed by atoms with Crippen LogP contribution in [-0.4, -0.2) is 4.57 Å². The smallest absolute Gasteiger partial charge is 0.252 e. The molecule has 0 saturated carbocycles. The van der Waals surface area contributed by atoms with Gasteiger partial charge in [0.15, 0.2) is 0 Å². The standard InChI is InChI=1S/C12H11ClN2O/c1-15-11(6-10(14)7-12(15)16)8-3-2-4-9(13)5-8/h2-7H,14H2,1H3. The molecule has 1 heterocycles. The number of aromatic nitrogens is 1. The molecular weight excluding hydrogens is 224 g/mol. The third-order valence-electron chi connectivity index (χ3n) is 2.41. The second-order valence-corrected chi connectivity index (χ2v) is 4.02. The van der Waals surface area contributed by atoms with Crippen LogP contribution in [0.25, 0.3) is 11.3 Å². The van der Waals surface area contributed by atoms with E-state index in [1.807, 2.05) is 12.1 Å². The van der Waals surface area contributed by atoms with Crippen LogP contribution in [0, 0.1) is 0 Å². The van der Waals surface area contributed by atoms with E-state index in [0.29, 0.717) is 10.7 Å². The van der Waals surface area contributed by atoms with Gasteiger partial charge in [-0.05, 0) is 23.8 Å². The molecule has 82 valence electrons. The number of halogens is 1. The average molecular weight is 235 g/mol. The van der Waals surface area contributed by atoms with E-state index in [2.05, 4.69) is 0 Å². The summed E-state index contributed by atoms with van der Waals surface area (Å²) in [6, 6.07) is 10.5. The second-order valence-electron chi connectivity index (χ2n) is 3.58. The minimum Gasteiger partial charge on any atom is -0.399 e. The van der Waals surface area contributed by atoms with Crippen LogP contribution in [0.1, 0.15) is 0 Å². The van der Waals surface area contributed by atoms with Gasteiger partial charge in [0.25, 0.3) is 5.56 Å². The maximum Gasteiger partial charge on any atom is 0.252 e. The van der Waals surface area contributed by atoms with Crippen molar-refractivity contribution in [2.75, 3.05) is 5.73 Å². The maximum atomic E-state index is 11.6. The fraction of sp³-hybridized carbons (Fsp3) is 0.0833. The molecule has 0 aliphatic carbocycles. The normalized spacial score (nSPS) is 10.4. The summed E-state index contributed by atoms with van der Waals surface area (Å²) in [5, 5.41) is 0.632. The van der Waals surface area contributed by atoms with E-state index in [4.69, 9.17) is 17.3 Å². The minimum atomic E-state index is -0.130. The lowest BCUT2D eigenvalue weighted by molar-refractivity contribution is 0.872. The van der Waals surface area contributed by atoms with E-state index in [0.717, 1.165) is 11.3 Å². The van der Waals surface area contributed by atoms with Crippen LogP contribution < -0.4 is 11.3 Å². The van der Waals surface area contributed by atoms with Crippen molar-refractivity contribution in [1.29, 1.82) is 0 Å². The van der Waals surface area contributed by atoms with Gasteiger partial charge in [-0.2, -0.15) is 0 Å². The van der Waals surface area contributed by atoms with Gasteiger partial charge in [0.05, 0.1) is 5.69 Å². The molecule has 0 fully saturated rings. The lowest BCUT2D eigenvalue weighted by atomic mass is 10.1. The van der Waals surface area contributed by atoms with Crippen molar-refractivity contribution in [3.63, 3.8) is 0 Å². The van der Waals surface area contributed by atoms with Crippen molar-refractivity contribution in [1.82, 2.24) is 4.57 Å². The molecular formula is C12H11ClN2O. The van der Waals surface area contributed by atoms with Crippen LogP contribution in [0.2, 0.25) is 5.02 Å². The number of hydrogen-bond acceptors (Lipinski definition) is 2. The highest BCUT2D eigenvalue weighted by Crippen LogP contribution is 2.22. The van der Waals surface area contributed by atoms with Gasteiger partial charge in [-0.15, -0.1) is 0 Å². The van der Waals surface area contributed by atoms with Gasteiger partial charge >= 0.3 is 0 Å². The molecule has 0 atom stereocenters. The number of nitrogen functional groups attached to an aromatic ring is 1. The lowest BCUT2D eigenvalue weighted by Gasteiger charge is -2.09. The number of rotatable bonds is 1. The van der Waals surface area contributed by atoms with Crippen LogP contribution in [0.3, 0.4) is 0 Å². The van der Waals surface area contributed by atoms with E-state index in [9.17, 15) is 4.79 Å². The third kappa shape index (κ3) is 1.95. The summed E-state index contributed by atoms with van der Waals surface area (Å²) >= 11 is 5.91. The first-order valence-corrected chi connectivity index (χ1v) is 5.18. The van der Waals surface area contributed by atoms with Crippen LogP contribution in [-0.2, 0) is 7.05 Å². The van der Waals surface area contributed by atoms with Crippen molar-refractivity contribution in [2.24, 2.45) is 7.05 Å². The quantitative estimate of drug-likeness (QED) is 0.823. The monoisotopic (exact) mass is 234 g/mol. The highest BCUT2D eigenvalue weighted by molar-refractivity contribution is 6.30. The minimum absolute atomic E-state index is 0.130. The van der Waals surface area contributed by atoms with Gasteiger partial charge in [0.2, 0.25) is 0 Å². The molecule has 1 aromatic carbocycles. The highest BCUT2D eigenvalue weighted by atomic mass is 35.5. The van der Waals surface area contributed by atoms with Crippen LogP contribution >= 0.6 is 11.6 Å². The molecule has 0 aliphatic rings. The largest absolute Gasteiger partial charge is 0.399 e. The first kappa shape index (κ1) is 10.8. The molecule has 2 N–H and O–H groups in total. The number of nitrogens with zero attached hydrogens (tertiary/aromatic N) is 1. The van der Waals surface area contributed by atoms with Crippen molar-refractivity contribution in [3.05, 3.63) is 51.8 Å². The molecule has 3 nitrogen and oxygen atoms in total. The van der Waals surface area contributed by atoms with E-state index in [1.165, 1.54) is 6.07 Å². The van der Waals surface area contributed by atoms with E-state index in [-0.39, 0.29) is 5.56 Å².